The first-order chi connectivity index (χ1) is 8.27. The van der Waals surface area contributed by atoms with Gasteiger partial charge in [-0.1, -0.05) is 0 Å². The van der Waals surface area contributed by atoms with Crippen LogP contribution in [-0.2, 0) is 24.3 Å². The van der Waals surface area contributed by atoms with Crippen molar-refractivity contribution in [1.82, 2.24) is 9.21 Å². The molecule has 1 heterocycles. The number of hydrogen-bond donors (Lipinski definition) is 0. The lowest BCUT2D eigenvalue weighted by Crippen LogP contribution is -2.46. The van der Waals surface area contributed by atoms with Crippen LogP contribution in [0.15, 0.2) is 0 Å². The van der Waals surface area contributed by atoms with Crippen molar-refractivity contribution < 1.29 is 22.7 Å². The highest BCUT2D eigenvalue weighted by Gasteiger charge is 2.35. The number of methoxy groups -OCH3 is 1. The summed E-state index contributed by atoms with van der Waals surface area (Å²) in [5.74, 6) is -0.835. The van der Waals surface area contributed by atoms with Gasteiger partial charge in [0.2, 0.25) is 15.9 Å². The lowest BCUT2D eigenvalue weighted by Gasteiger charge is -2.24. The molecule has 1 atom stereocenters. The van der Waals surface area contributed by atoms with Gasteiger partial charge in [0.05, 0.1) is 19.9 Å². The number of rotatable bonds is 4. The van der Waals surface area contributed by atoms with Gasteiger partial charge < -0.3 is 9.64 Å². The third-order valence-corrected chi connectivity index (χ3v) is 4.23. The summed E-state index contributed by atoms with van der Waals surface area (Å²) in [4.78, 5) is 24.8. The molecule has 1 fully saturated rings. The van der Waals surface area contributed by atoms with Crippen molar-refractivity contribution in [3.05, 3.63) is 0 Å². The molecule has 0 bridgehead atoms. The van der Waals surface area contributed by atoms with E-state index in [2.05, 4.69) is 4.74 Å². The fourth-order valence-corrected chi connectivity index (χ4v) is 2.19. The largest absolute Gasteiger partial charge is 0.467 e. The van der Waals surface area contributed by atoms with E-state index < -0.39 is 22.0 Å². The summed E-state index contributed by atoms with van der Waals surface area (Å²) in [5.41, 5.74) is 0. The first-order valence-corrected chi connectivity index (χ1v) is 7.41. The maximum atomic E-state index is 11.9. The van der Waals surface area contributed by atoms with Crippen molar-refractivity contribution in [3.63, 3.8) is 0 Å². The summed E-state index contributed by atoms with van der Waals surface area (Å²) < 4.78 is 28.0. The van der Waals surface area contributed by atoms with Gasteiger partial charge in [0.15, 0.2) is 0 Å². The van der Waals surface area contributed by atoms with Gasteiger partial charge in [-0.05, 0) is 12.8 Å². The van der Waals surface area contributed by atoms with Gasteiger partial charge in [0, 0.05) is 13.6 Å². The summed E-state index contributed by atoms with van der Waals surface area (Å²) in [6.45, 7) is 0.197. The molecule has 1 aliphatic rings. The number of carbonyl (C=O) groups is 2. The van der Waals surface area contributed by atoms with Gasteiger partial charge in [-0.3, -0.25) is 4.79 Å². The minimum absolute atomic E-state index is 0.258. The van der Waals surface area contributed by atoms with Crippen LogP contribution in [0.5, 0.6) is 0 Å². The van der Waals surface area contributed by atoms with Crippen molar-refractivity contribution in [2.24, 2.45) is 0 Å². The Morgan fingerprint density at radius 1 is 1.44 bits per heavy atom. The van der Waals surface area contributed by atoms with E-state index in [1.54, 1.807) is 0 Å². The van der Waals surface area contributed by atoms with Crippen molar-refractivity contribution >= 4 is 21.9 Å². The molecule has 7 nitrogen and oxygen atoms in total. The van der Waals surface area contributed by atoms with E-state index in [4.69, 9.17) is 0 Å². The zero-order valence-electron chi connectivity index (χ0n) is 10.7. The summed E-state index contributed by atoms with van der Waals surface area (Å²) in [7, 11) is -0.801. The number of amides is 1. The average molecular weight is 278 g/mol. The molecule has 0 spiro atoms. The highest BCUT2D eigenvalue weighted by Crippen LogP contribution is 2.18. The Morgan fingerprint density at radius 3 is 2.56 bits per heavy atom. The van der Waals surface area contributed by atoms with Crippen molar-refractivity contribution in [2.75, 3.05) is 33.5 Å². The van der Waals surface area contributed by atoms with E-state index in [0.29, 0.717) is 19.4 Å². The number of ether oxygens (including phenoxy) is 1. The molecule has 0 radical (unpaired) electrons. The summed E-state index contributed by atoms with van der Waals surface area (Å²) >= 11 is 0. The van der Waals surface area contributed by atoms with Gasteiger partial charge in [0.1, 0.15) is 6.04 Å². The van der Waals surface area contributed by atoms with Crippen LogP contribution in [0.3, 0.4) is 0 Å². The SMILES string of the molecule is COC(=O)[C@@H]1CCCN1C(=O)CN(C)S(C)(=O)=O. The smallest absolute Gasteiger partial charge is 0.328 e. The monoisotopic (exact) mass is 278 g/mol. The van der Waals surface area contributed by atoms with Crippen LogP contribution in [0.2, 0.25) is 0 Å². The predicted molar refractivity (Wildman–Crippen MR) is 64.2 cm³/mol. The van der Waals surface area contributed by atoms with Crippen LogP contribution in [0.4, 0.5) is 0 Å². The predicted octanol–water partition coefficient (Wildman–Crippen LogP) is -0.958. The third kappa shape index (κ3) is 3.42. The van der Waals surface area contributed by atoms with E-state index in [9.17, 15) is 18.0 Å². The van der Waals surface area contributed by atoms with Gasteiger partial charge in [-0.2, -0.15) is 4.31 Å². The van der Waals surface area contributed by atoms with Crippen LogP contribution in [0, 0.1) is 0 Å². The highest BCUT2D eigenvalue weighted by molar-refractivity contribution is 7.88. The van der Waals surface area contributed by atoms with Crippen LogP contribution in [-0.4, -0.2) is 69.0 Å². The molecule has 0 N–H and O–H groups in total. The number of hydrogen-bond acceptors (Lipinski definition) is 5. The van der Waals surface area contributed by atoms with E-state index in [1.165, 1.54) is 19.1 Å². The van der Waals surface area contributed by atoms with Gasteiger partial charge in [-0.15, -0.1) is 0 Å². The molecule has 0 aromatic heterocycles. The standard InChI is InChI=1S/C10H18N2O5S/c1-11(18(3,15)16)7-9(13)12-6-4-5-8(12)10(14)17-2/h8H,4-7H2,1-3H3/t8-/m0/s1. The zero-order valence-corrected chi connectivity index (χ0v) is 11.6. The fourth-order valence-electron chi connectivity index (χ4n) is 1.84. The first kappa shape index (κ1) is 14.9. The van der Waals surface area contributed by atoms with Crippen molar-refractivity contribution in [3.8, 4) is 0 Å². The van der Waals surface area contributed by atoms with Crippen LogP contribution in [0.25, 0.3) is 0 Å². The number of carbonyl (C=O) groups excluding carboxylic acids is 2. The second kappa shape index (κ2) is 5.66. The summed E-state index contributed by atoms with van der Waals surface area (Å²) in [6.07, 6.45) is 2.30. The molecule has 1 aliphatic heterocycles. The van der Waals surface area contributed by atoms with Crippen LogP contribution < -0.4 is 0 Å². The van der Waals surface area contributed by atoms with E-state index in [-0.39, 0.29) is 12.5 Å². The van der Waals surface area contributed by atoms with Crippen LogP contribution in [0.1, 0.15) is 12.8 Å². The number of likely N-dealkylation sites (N-methyl/N-ethyl adjacent to an activating group) is 1. The third-order valence-electron chi connectivity index (χ3n) is 2.97. The molecule has 0 aromatic rings. The van der Waals surface area contributed by atoms with E-state index >= 15 is 0 Å². The molecular weight excluding hydrogens is 260 g/mol. The summed E-state index contributed by atoms with van der Waals surface area (Å²) in [6, 6.07) is -0.588. The lowest BCUT2D eigenvalue weighted by molar-refractivity contribution is -0.150. The molecule has 0 saturated carbocycles. The molecule has 104 valence electrons. The first-order valence-electron chi connectivity index (χ1n) is 5.56. The fraction of sp³-hybridized carbons (Fsp3) is 0.800. The number of likely N-dealkylation sites (tertiary alicyclic amines) is 1. The Balaban J connectivity index is 2.69. The normalized spacial score (nSPS) is 20.2. The maximum Gasteiger partial charge on any atom is 0.328 e. The molecule has 1 amide bonds. The minimum Gasteiger partial charge on any atom is -0.467 e. The second-order valence-corrected chi connectivity index (χ2v) is 6.38. The Bertz CT molecular complexity index is 434. The molecule has 0 unspecified atom stereocenters. The van der Waals surface area contributed by atoms with Gasteiger partial charge >= 0.3 is 5.97 Å². The molecule has 1 saturated heterocycles. The molecule has 8 heteroatoms. The Labute approximate surface area is 107 Å². The molecule has 0 aromatic carbocycles. The molecular formula is C10H18N2O5S. The number of esters is 1. The molecule has 18 heavy (non-hydrogen) atoms. The van der Waals surface area contributed by atoms with Gasteiger partial charge in [-0.25, -0.2) is 13.2 Å². The maximum absolute atomic E-state index is 11.9. The Morgan fingerprint density at radius 2 is 2.06 bits per heavy atom. The van der Waals surface area contributed by atoms with Crippen LogP contribution >= 0.6 is 0 Å². The van der Waals surface area contributed by atoms with Crippen molar-refractivity contribution in [1.29, 1.82) is 0 Å². The second-order valence-electron chi connectivity index (χ2n) is 4.29. The Kier molecular flexibility index (Phi) is 4.69. The van der Waals surface area contributed by atoms with Gasteiger partial charge in [0.25, 0.3) is 0 Å². The molecule has 1 rings (SSSR count). The molecule has 0 aliphatic carbocycles. The average Bonchev–Trinajstić information content (AvgIpc) is 2.75. The Hall–Kier alpha value is -1.15. The highest BCUT2D eigenvalue weighted by atomic mass is 32.2. The van der Waals surface area contributed by atoms with E-state index in [1.807, 2.05) is 0 Å². The van der Waals surface area contributed by atoms with E-state index in [0.717, 1.165) is 10.6 Å². The number of nitrogens with zero attached hydrogens (tertiary/aromatic N) is 2. The minimum atomic E-state index is -3.40. The lowest BCUT2D eigenvalue weighted by atomic mass is 10.2. The van der Waals surface area contributed by atoms with Crippen molar-refractivity contribution in [2.45, 2.75) is 18.9 Å². The number of sulfonamides is 1. The topological polar surface area (TPSA) is 84.0 Å². The quantitative estimate of drug-likeness (QED) is 0.619. The zero-order chi connectivity index (χ0) is 13.9. The summed E-state index contributed by atoms with van der Waals surface area (Å²) in [5, 5.41) is 0.